The van der Waals surface area contributed by atoms with E-state index in [4.69, 9.17) is 28.9 Å². The SMILES string of the molecule is CC(C)[C@H](N)C(=O)NCC(=O)Nc1ncnc(Cl)c1Cl. The third-order valence-electron chi connectivity index (χ3n) is 2.45. The Morgan fingerprint density at radius 2 is 2.00 bits per heavy atom. The van der Waals surface area contributed by atoms with Crippen LogP contribution >= 0.6 is 23.2 Å². The molecule has 0 radical (unpaired) electrons. The minimum atomic E-state index is -0.667. The van der Waals surface area contributed by atoms with Gasteiger partial charge in [-0.25, -0.2) is 9.97 Å². The molecule has 0 saturated heterocycles. The summed E-state index contributed by atoms with van der Waals surface area (Å²) in [7, 11) is 0. The zero-order chi connectivity index (χ0) is 15.3. The molecule has 0 unspecified atom stereocenters. The van der Waals surface area contributed by atoms with E-state index in [1.807, 2.05) is 13.8 Å². The number of amides is 2. The molecule has 110 valence electrons. The quantitative estimate of drug-likeness (QED) is 0.696. The maximum atomic E-state index is 11.6. The number of aromatic nitrogens is 2. The first-order valence-electron chi connectivity index (χ1n) is 5.82. The van der Waals surface area contributed by atoms with Crippen LogP contribution in [0.2, 0.25) is 10.2 Å². The summed E-state index contributed by atoms with van der Waals surface area (Å²) in [5, 5.41) is 4.90. The van der Waals surface area contributed by atoms with Gasteiger partial charge in [0.25, 0.3) is 0 Å². The van der Waals surface area contributed by atoms with Crippen molar-refractivity contribution in [1.29, 1.82) is 0 Å². The van der Waals surface area contributed by atoms with Crippen LogP contribution in [0.15, 0.2) is 6.33 Å². The van der Waals surface area contributed by atoms with E-state index in [9.17, 15) is 9.59 Å². The summed E-state index contributed by atoms with van der Waals surface area (Å²) in [4.78, 5) is 30.6. The van der Waals surface area contributed by atoms with E-state index in [1.165, 1.54) is 0 Å². The molecule has 0 spiro atoms. The highest BCUT2D eigenvalue weighted by atomic mass is 35.5. The van der Waals surface area contributed by atoms with Crippen molar-refractivity contribution in [2.24, 2.45) is 11.7 Å². The maximum Gasteiger partial charge on any atom is 0.244 e. The molecule has 2 amide bonds. The number of carbonyl (C=O) groups excluding carboxylic acids is 2. The van der Waals surface area contributed by atoms with Crippen LogP contribution in [0.25, 0.3) is 0 Å². The smallest absolute Gasteiger partial charge is 0.244 e. The van der Waals surface area contributed by atoms with Crippen molar-refractivity contribution in [3.63, 3.8) is 0 Å². The second-order valence-electron chi connectivity index (χ2n) is 4.36. The van der Waals surface area contributed by atoms with E-state index in [0.29, 0.717) is 0 Å². The molecule has 0 aliphatic carbocycles. The summed E-state index contributed by atoms with van der Waals surface area (Å²) in [6.07, 6.45) is 1.16. The lowest BCUT2D eigenvalue weighted by Crippen LogP contribution is -2.46. The molecular weight excluding hydrogens is 305 g/mol. The molecule has 1 atom stereocenters. The molecule has 1 aromatic rings. The van der Waals surface area contributed by atoms with Gasteiger partial charge in [-0.15, -0.1) is 0 Å². The van der Waals surface area contributed by atoms with E-state index >= 15 is 0 Å². The van der Waals surface area contributed by atoms with E-state index in [2.05, 4.69) is 20.6 Å². The summed E-state index contributed by atoms with van der Waals surface area (Å²) in [6.45, 7) is 3.39. The van der Waals surface area contributed by atoms with Crippen LogP contribution in [0.3, 0.4) is 0 Å². The first kappa shape index (κ1) is 16.6. The molecule has 0 fully saturated rings. The van der Waals surface area contributed by atoms with Gasteiger partial charge in [-0.1, -0.05) is 37.0 Å². The maximum absolute atomic E-state index is 11.6. The third kappa shape index (κ3) is 4.59. The lowest BCUT2D eigenvalue weighted by Gasteiger charge is -2.15. The molecule has 0 aromatic carbocycles. The Morgan fingerprint density at radius 1 is 1.35 bits per heavy atom. The standard InChI is InChI=1S/C11H15Cl2N5O2/c1-5(2)8(14)11(20)15-3-6(19)18-10-7(12)9(13)16-4-17-10/h4-5,8H,3,14H2,1-2H3,(H,15,20)(H,16,17,18,19)/t8-/m0/s1. The molecule has 1 heterocycles. The average Bonchev–Trinajstić information content (AvgIpc) is 2.40. The highest BCUT2D eigenvalue weighted by molar-refractivity contribution is 6.42. The van der Waals surface area contributed by atoms with Crippen LogP contribution in [-0.4, -0.2) is 34.4 Å². The Bertz CT molecular complexity index is 510. The largest absolute Gasteiger partial charge is 0.346 e. The fourth-order valence-corrected chi connectivity index (χ4v) is 1.48. The number of nitrogens with one attached hydrogen (secondary N) is 2. The van der Waals surface area contributed by atoms with Gasteiger partial charge in [0.1, 0.15) is 11.3 Å². The summed E-state index contributed by atoms with van der Waals surface area (Å²) in [6, 6.07) is -0.667. The molecule has 0 aliphatic rings. The number of hydrogen-bond donors (Lipinski definition) is 3. The Balaban J connectivity index is 2.53. The van der Waals surface area contributed by atoms with Crippen LogP contribution in [-0.2, 0) is 9.59 Å². The topological polar surface area (TPSA) is 110 Å². The Kier molecular flexibility index (Phi) is 6.12. The first-order valence-corrected chi connectivity index (χ1v) is 6.57. The molecular formula is C11H15Cl2N5O2. The summed E-state index contributed by atoms with van der Waals surface area (Å²) < 4.78 is 0. The number of halogens is 2. The predicted octanol–water partition coefficient (Wildman–Crippen LogP) is 0.821. The lowest BCUT2D eigenvalue weighted by atomic mass is 10.1. The number of nitrogens with zero attached hydrogens (tertiary/aromatic N) is 2. The van der Waals surface area contributed by atoms with E-state index < -0.39 is 17.9 Å². The summed E-state index contributed by atoms with van der Waals surface area (Å²) >= 11 is 11.5. The second kappa shape index (κ2) is 7.37. The van der Waals surface area contributed by atoms with E-state index in [-0.39, 0.29) is 28.5 Å². The summed E-state index contributed by atoms with van der Waals surface area (Å²) in [5.74, 6) is -0.833. The fraction of sp³-hybridized carbons (Fsp3) is 0.455. The zero-order valence-electron chi connectivity index (χ0n) is 11.0. The van der Waals surface area contributed by atoms with Gasteiger partial charge >= 0.3 is 0 Å². The van der Waals surface area contributed by atoms with Crippen molar-refractivity contribution in [3.05, 3.63) is 16.5 Å². The Morgan fingerprint density at radius 3 is 2.60 bits per heavy atom. The Hall–Kier alpha value is -1.44. The predicted molar refractivity (Wildman–Crippen MR) is 76.5 cm³/mol. The van der Waals surface area contributed by atoms with Gasteiger partial charge in [-0.3, -0.25) is 9.59 Å². The van der Waals surface area contributed by atoms with Gasteiger partial charge in [0.05, 0.1) is 12.6 Å². The molecule has 20 heavy (non-hydrogen) atoms. The molecule has 7 nitrogen and oxygen atoms in total. The van der Waals surface area contributed by atoms with Crippen molar-refractivity contribution in [3.8, 4) is 0 Å². The molecule has 1 aromatic heterocycles. The van der Waals surface area contributed by atoms with Crippen LogP contribution in [0, 0.1) is 5.92 Å². The molecule has 4 N–H and O–H groups in total. The fourth-order valence-electron chi connectivity index (χ4n) is 1.20. The number of nitrogens with two attached hydrogens (primary N) is 1. The monoisotopic (exact) mass is 319 g/mol. The second-order valence-corrected chi connectivity index (χ2v) is 5.10. The highest BCUT2D eigenvalue weighted by Crippen LogP contribution is 2.24. The number of carbonyl (C=O) groups is 2. The molecule has 0 aliphatic heterocycles. The van der Waals surface area contributed by atoms with Gasteiger partial charge in [-0.05, 0) is 5.92 Å². The number of hydrogen-bond acceptors (Lipinski definition) is 5. The van der Waals surface area contributed by atoms with Crippen LogP contribution in [0.4, 0.5) is 5.82 Å². The van der Waals surface area contributed by atoms with Gasteiger partial charge in [0.2, 0.25) is 11.8 Å². The van der Waals surface area contributed by atoms with Gasteiger partial charge in [0.15, 0.2) is 11.0 Å². The summed E-state index contributed by atoms with van der Waals surface area (Å²) in [5.41, 5.74) is 5.64. The minimum absolute atomic E-state index is 0.0202. The van der Waals surface area contributed by atoms with Gasteiger partial charge in [0, 0.05) is 0 Å². The number of anilines is 1. The van der Waals surface area contributed by atoms with E-state index in [0.717, 1.165) is 6.33 Å². The molecule has 9 heteroatoms. The van der Waals surface area contributed by atoms with Crippen molar-refractivity contribution in [1.82, 2.24) is 15.3 Å². The van der Waals surface area contributed by atoms with E-state index in [1.54, 1.807) is 0 Å². The van der Waals surface area contributed by atoms with Gasteiger partial charge in [-0.2, -0.15) is 0 Å². The normalized spacial score (nSPS) is 12.1. The lowest BCUT2D eigenvalue weighted by molar-refractivity contribution is -0.125. The first-order chi connectivity index (χ1) is 9.32. The molecule has 1 rings (SSSR count). The minimum Gasteiger partial charge on any atom is -0.346 e. The van der Waals surface area contributed by atoms with Crippen molar-refractivity contribution in [2.45, 2.75) is 19.9 Å². The molecule has 0 saturated carbocycles. The average molecular weight is 320 g/mol. The molecule has 0 bridgehead atoms. The van der Waals surface area contributed by atoms with Gasteiger partial charge < -0.3 is 16.4 Å². The third-order valence-corrected chi connectivity index (χ3v) is 3.19. The highest BCUT2D eigenvalue weighted by Gasteiger charge is 2.18. The van der Waals surface area contributed by atoms with Crippen molar-refractivity contribution < 1.29 is 9.59 Å². The van der Waals surface area contributed by atoms with Crippen molar-refractivity contribution in [2.75, 3.05) is 11.9 Å². The van der Waals surface area contributed by atoms with Crippen LogP contribution in [0.1, 0.15) is 13.8 Å². The van der Waals surface area contributed by atoms with Crippen LogP contribution in [0.5, 0.6) is 0 Å². The van der Waals surface area contributed by atoms with Crippen LogP contribution < -0.4 is 16.4 Å². The van der Waals surface area contributed by atoms with Crippen molar-refractivity contribution >= 4 is 40.8 Å². The zero-order valence-corrected chi connectivity index (χ0v) is 12.5. The Labute approximate surface area is 126 Å². The number of rotatable bonds is 5.